The second-order valence-electron chi connectivity index (χ2n) is 8.25. The Balaban J connectivity index is 5.39. The Morgan fingerprint density at radius 1 is 0.609 bits per heavy atom. The van der Waals surface area contributed by atoms with Crippen LogP contribution in [0, 0.1) is 0 Å². The van der Waals surface area contributed by atoms with Crippen molar-refractivity contribution in [1.29, 1.82) is 0 Å². The van der Waals surface area contributed by atoms with Crippen LogP contribution < -0.4 is 0 Å². The van der Waals surface area contributed by atoms with E-state index in [1.54, 1.807) is 0 Å². The highest BCUT2D eigenvalue weighted by Crippen LogP contribution is 2.57. The second kappa shape index (κ2) is 9.46. The number of rotatable bonds is 12. The molecule has 140 valence electrons. The quantitative estimate of drug-likeness (QED) is 0.262. The smallest absolute Gasteiger partial charge is 0.331 e. The average Bonchev–Trinajstić information content (AvgIpc) is 2.23. The maximum absolute atomic E-state index is 13.5. The zero-order valence-electron chi connectivity index (χ0n) is 16.8. The summed E-state index contributed by atoms with van der Waals surface area (Å²) in [5.41, 5.74) is 0. The van der Waals surface area contributed by atoms with E-state index in [2.05, 4.69) is 60.1 Å². The van der Waals surface area contributed by atoms with Crippen LogP contribution in [0.2, 0.25) is 57.4 Å². The standard InChI is InChI=1S/C15H39O4PSi3/c1-10-13-21(4,5)17-20(16,18-22(6,7)14-11-2)19-23(8,9)15-12-3/h10-15H2,1-9H3. The van der Waals surface area contributed by atoms with E-state index in [0.29, 0.717) is 0 Å². The molecule has 0 spiro atoms. The molecule has 0 radical (unpaired) electrons. The topological polar surface area (TPSA) is 44.8 Å². The highest BCUT2D eigenvalue weighted by molar-refractivity contribution is 7.53. The van der Waals surface area contributed by atoms with Crippen LogP contribution >= 0.6 is 7.82 Å². The van der Waals surface area contributed by atoms with Gasteiger partial charge in [0.15, 0.2) is 0 Å². The van der Waals surface area contributed by atoms with Gasteiger partial charge in [0.1, 0.15) is 0 Å². The van der Waals surface area contributed by atoms with Gasteiger partial charge < -0.3 is 12.6 Å². The lowest BCUT2D eigenvalue weighted by Crippen LogP contribution is -2.38. The third-order valence-electron chi connectivity index (χ3n) is 3.63. The molecule has 0 aliphatic heterocycles. The normalized spacial score (nSPS) is 14.3. The molecule has 0 aromatic heterocycles. The van der Waals surface area contributed by atoms with Crippen LogP contribution in [0.3, 0.4) is 0 Å². The van der Waals surface area contributed by atoms with Gasteiger partial charge in [0.25, 0.3) is 0 Å². The SMILES string of the molecule is CCC[Si](C)(C)OP(=O)(O[Si](C)(C)CCC)O[Si](C)(C)CCC. The monoisotopic (exact) mass is 398 g/mol. The van der Waals surface area contributed by atoms with Gasteiger partial charge in [-0.2, -0.15) is 0 Å². The summed E-state index contributed by atoms with van der Waals surface area (Å²) >= 11 is 0. The summed E-state index contributed by atoms with van der Waals surface area (Å²) in [6.45, 7) is 19.1. The molecule has 0 N–H and O–H groups in total. The highest BCUT2D eigenvalue weighted by atomic mass is 31.2. The van der Waals surface area contributed by atoms with Crippen molar-refractivity contribution in [2.24, 2.45) is 0 Å². The fraction of sp³-hybridized carbons (Fsp3) is 1.00. The minimum Gasteiger partial charge on any atom is -0.331 e. The summed E-state index contributed by atoms with van der Waals surface area (Å²) < 4.78 is 32.0. The molecular formula is C15H39O4PSi3. The molecule has 0 fully saturated rings. The van der Waals surface area contributed by atoms with Gasteiger partial charge in [0.2, 0.25) is 25.0 Å². The van der Waals surface area contributed by atoms with Crippen LogP contribution in [0.15, 0.2) is 0 Å². The van der Waals surface area contributed by atoms with E-state index < -0.39 is 32.8 Å². The predicted octanol–water partition coefficient (Wildman–Crippen LogP) is 6.99. The van der Waals surface area contributed by atoms with Gasteiger partial charge in [-0.3, -0.25) is 0 Å². The van der Waals surface area contributed by atoms with Crippen molar-refractivity contribution in [2.75, 3.05) is 0 Å². The molecular weight excluding hydrogens is 359 g/mol. The molecule has 0 aromatic carbocycles. The van der Waals surface area contributed by atoms with Gasteiger partial charge in [-0.25, -0.2) is 4.57 Å². The molecule has 0 saturated heterocycles. The molecule has 4 nitrogen and oxygen atoms in total. The molecule has 0 bridgehead atoms. The maximum Gasteiger partial charge on any atom is 0.445 e. The van der Waals surface area contributed by atoms with Crippen LogP contribution in [0.4, 0.5) is 0 Å². The van der Waals surface area contributed by atoms with Crippen LogP contribution in [-0.4, -0.2) is 25.0 Å². The predicted molar refractivity (Wildman–Crippen MR) is 109 cm³/mol. The van der Waals surface area contributed by atoms with E-state index in [1.165, 1.54) is 0 Å². The summed E-state index contributed by atoms with van der Waals surface area (Å²) in [5.74, 6) is 0. The fourth-order valence-electron chi connectivity index (χ4n) is 2.91. The Kier molecular flexibility index (Phi) is 9.77. The van der Waals surface area contributed by atoms with Crippen molar-refractivity contribution < 1.29 is 17.2 Å². The molecule has 0 aliphatic carbocycles. The average molecular weight is 399 g/mol. The van der Waals surface area contributed by atoms with Crippen LogP contribution in [0.5, 0.6) is 0 Å². The molecule has 0 amide bonds. The lowest BCUT2D eigenvalue weighted by molar-refractivity contribution is 0.288. The summed E-state index contributed by atoms with van der Waals surface area (Å²) in [5, 5.41) is 0. The Morgan fingerprint density at radius 3 is 1.00 bits per heavy atom. The van der Waals surface area contributed by atoms with Crippen LogP contribution in [0.25, 0.3) is 0 Å². The molecule has 0 aromatic rings. The van der Waals surface area contributed by atoms with E-state index >= 15 is 0 Å². The summed E-state index contributed by atoms with van der Waals surface area (Å²) in [6, 6.07) is 2.90. The fourth-order valence-corrected chi connectivity index (χ4v) is 16.3. The van der Waals surface area contributed by atoms with Crippen molar-refractivity contribution in [3.8, 4) is 0 Å². The van der Waals surface area contributed by atoms with E-state index in [-0.39, 0.29) is 0 Å². The first-order chi connectivity index (χ1) is 10.3. The van der Waals surface area contributed by atoms with E-state index in [9.17, 15) is 4.57 Å². The number of phosphoric acid groups is 1. The Labute approximate surface area is 147 Å². The van der Waals surface area contributed by atoms with Gasteiger partial charge in [0, 0.05) is 0 Å². The van der Waals surface area contributed by atoms with Crippen molar-refractivity contribution in [3.63, 3.8) is 0 Å². The molecule has 0 aliphatic rings. The zero-order chi connectivity index (χ0) is 18.4. The van der Waals surface area contributed by atoms with Gasteiger partial charge in [-0.15, -0.1) is 0 Å². The highest BCUT2D eigenvalue weighted by Gasteiger charge is 2.44. The lowest BCUT2D eigenvalue weighted by Gasteiger charge is -2.36. The van der Waals surface area contributed by atoms with Gasteiger partial charge in [-0.1, -0.05) is 40.0 Å². The molecule has 8 heteroatoms. The molecule has 23 heavy (non-hydrogen) atoms. The first-order valence-corrected chi connectivity index (χ1v) is 19.8. The van der Waals surface area contributed by atoms with Crippen molar-refractivity contribution >= 4 is 32.8 Å². The third kappa shape index (κ3) is 10.4. The Hall–Kier alpha value is 0.761. The molecule has 0 heterocycles. The Bertz CT molecular complexity index is 343. The summed E-state index contributed by atoms with van der Waals surface area (Å²) in [4.78, 5) is 0. The van der Waals surface area contributed by atoms with E-state index in [4.69, 9.17) is 12.6 Å². The number of hydrogen-bond acceptors (Lipinski definition) is 4. The molecule has 0 atom stereocenters. The molecule has 0 saturated carbocycles. The zero-order valence-corrected chi connectivity index (χ0v) is 20.7. The van der Waals surface area contributed by atoms with Gasteiger partial charge in [0.05, 0.1) is 0 Å². The lowest BCUT2D eigenvalue weighted by atomic mass is 10.6. The first-order valence-electron chi connectivity index (χ1n) is 9.02. The minimum atomic E-state index is -3.49. The largest absolute Gasteiger partial charge is 0.445 e. The van der Waals surface area contributed by atoms with Crippen molar-refractivity contribution in [2.45, 2.75) is 97.4 Å². The van der Waals surface area contributed by atoms with Crippen LogP contribution in [-0.2, 0) is 17.2 Å². The number of hydrogen-bond donors (Lipinski definition) is 0. The summed E-state index contributed by atoms with van der Waals surface area (Å²) in [7, 11) is -9.65. The summed E-state index contributed by atoms with van der Waals surface area (Å²) in [6.07, 6.45) is 3.10. The van der Waals surface area contributed by atoms with E-state index in [1.807, 2.05) is 0 Å². The second-order valence-corrected chi connectivity index (χ2v) is 23.4. The molecule has 0 rings (SSSR count). The van der Waals surface area contributed by atoms with Crippen LogP contribution in [0.1, 0.15) is 40.0 Å². The molecule has 0 unspecified atom stereocenters. The van der Waals surface area contributed by atoms with Gasteiger partial charge >= 0.3 is 7.82 Å². The van der Waals surface area contributed by atoms with Crippen molar-refractivity contribution in [3.05, 3.63) is 0 Å². The third-order valence-corrected chi connectivity index (χ3v) is 17.4. The maximum atomic E-state index is 13.5. The van der Waals surface area contributed by atoms with Crippen molar-refractivity contribution in [1.82, 2.24) is 0 Å². The first kappa shape index (κ1) is 23.8. The minimum absolute atomic E-state index is 0.967. The van der Waals surface area contributed by atoms with Gasteiger partial charge in [-0.05, 0) is 57.4 Å². The Morgan fingerprint density at radius 2 is 0.826 bits per heavy atom. The van der Waals surface area contributed by atoms with E-state index in [0.717, 1.165) is 37.4 Å².